The van der Waals surface area contributed by atoms with E-state index in [-0.39, 0.29) is 18.4 Å². The van der Waals surface area contributed by atoms with Crippen molar-refractivity contribution in [3.8, 4) is 16.9 Å². The number of halogens is 1. The van der Waals surface area contributed by atoms with E-state index >= 15 is 0 Å². The molecule has 3 aromatic rings. The van der Waals surface area contributed by atoms with Crippen molar-refractivity contribution in [2.75, 3.05) is 6.61 Å². The van der Waals surface area contributed by atoms with E-state index in [0.29, 0.717) is 15.8 Å². The number of aliphatic hydroxyl groups is 1. The van der Waals surface area contributed by atoms with Gasteiger partial charge in [0.2, 0.25) is 0 Å². The Morgan fingerprint density at radius 3 is 2.21 bits per heavy atom. The molecule has 5 nitrogen and oxygen atoms in total. The number of carbonyl (C=O) groups excluding carboxylic acids is 1. The standard InChI is InChI=1S/C25H28FNO4S2/c1-24(2,3)31-22(29)25(4,5)33-23-27-20(15-32-23)21(28)14-30-19-12-8-17(9-13-19)16-6-10-18(26)11-7-16/h6-13,15,21,28H,14H2,1-5H3/t21-/m1/s1. The van der Waals surface area contributed by atoms with Crippen LogP contribution in [0.15, 0.2) is 58.3 Å². The van der Waals surface area contributed by atoms with Crippen molar-refractivity contribution in [1.82, 2.24) is 4.98 Å². The van der Waals surface area contributed by atoms with Crippen LogP contribution in [0.4, 0.5) is 4.39 Å². The molecule has 0 amide bonds. The van der Waals surface area contributed by atoms with Gasteiger partial charge in [0.1, 0.15) is 34.6 Å². The summed E-state index contributed by atoms with van der Waals surface area (Å²) in [5, 5.41) is 12.3. The summed E-state index contributed by atoms with van der Waals surface area (Å²) < 4.78 is 24.1. The topological polar surface area (TPSA) is 68.7 Å². The van der Waals surface area contributed by atoms with Crippen LogP contribution < -0.4 is 4.74 Å². The zero-order chi connectivity index (χ0) is 24.2. The average molecular weight is 490 g/mol. The highest BCUT2D eigenvalue weighted by atomic mass is 32.2. The number of benzene rings is 2. The largest absolute Gasteiger partial charge is 0.490 e. The van der Waals surface area contributed by atoms with Crippen molar-refractivity contribution < 1.29 is 23.8 Å². The predicted octanol–water partition coefficient (Wildman–Crippen LogP) is 6.27. The van der Waals surface area contributed by atoms with Crippen molar-refractivity contribution in [2.24, 2.45) is 0 Å². The first kappa shape index (κ1) is 25.2. The molecule has 0 saturated heterocycles. The SMILES string of the molecule is CC(C)(C)OC(=O)C(C)(C)Sc1nc([C@H](O)COc2ccc(-c3ccc(F)cc3)cc2)cs1. The van der Waals surface area contributed by atoms with Crippen LogP contribution in [0.5, 0.6) is 5.75 Å². The summed E-state index contributed by atoms with van der Waals surface area (Å²) >= 11 is 2.67. The van der Waals surface area contributed by atoms with Gasteiger partial charge in [0.25, 0.3) is 0 Å². The molecule has 0 saturated carbocycles. The summed E-state index contributed by atoms with van der Waals surface area (Å²) in [6.45, 7) is 9.13. The number of aromatic nitrogens is 1. The van der Waals surface area contributed by atoms with Crippen molar-refractivity contribution in [3.05, 3.63) is 65.4 Å². The molecular formula is C25H28FNO4S2. The van der Waals surface area contributed by atoms with Crippen molar-refractivity contribution >= 4 is 29.1 Å². The van der Waals surface area contributed by atoms with E-state index in [1.165, 1.54) is 35.2 Å². The molecule has 1 atom stereocenters. The third-order valence-electron chi connectivity index (χ3n) is 4.51. The molecule has 33 heavy (non-hydrogen) atoms. The molecule has 0 fully saturated rings. The van der Waals surface area contributed by atoms with Gasteiger partial charge in [-0.1, -0.05) is 36.0 Å². The highest BCUT2D eigenvalue weighted by molar-refractivity contribution is 8.03. The number of nitrogens with zero attached hydrogens (tertiary/aromatic N) is 1. The molecule has 3 rings (SSSR count). The maximum atomic E-state index is 13.1. The minimum atomic E-state index is -0.906. The normalized spacial score (nSPS) is 12.9. The molecule has 1 heterocycles. The lowest BCUT2D eigenvalue weighted by Gasteiger charge is -2.27. The zero-order valence-corrected chi connectivity index (χ0v) is 20.9. The van der Waals surface area contributed by atoms with Gasteiger partial charge in [0.05, 0.1) is 5.69 Å². The Balaban J connectivity index is 1.55. The summed E-state index contributed by atoms with van der Waals surface area (Å²) in [5.41, 5.74) is 1.78. The number of ether oxygens (including phenoxy) is 2. The van der Waals surface area contributed by atoms with Crippen LogP contribution in [-0.2, 0) is 9.53 Å². The van der Waals surface area contributed by atoms with E-state index in [0.717, 1.165) is 11.1 Å². The van der Waals surface area contributed by atoms with Gasteiger partial charge in [-0.2, -0.15) is 0 Å². The van der Waals surface area contributed by atoms with Crippen molar-refractivity contribution in [1.29, 1.82) is 0 Å². The lowest BCUT2D eigenvalue weighted by molar-refractivity contribution is -0.156. The number of thiazole rings is 1. The highest BCUT2D eigenvalue weighted by Crippen LogP contribution is 2.37. The first-order valence-electron chi connectivity index (χ1n) is 10.5. The van der Waals surface area contributed by atoms with Crippen molar-refractivity contribution in [2.45, 2.75) is 55.4 Å². The monoisotopic (exact) mass is 489 g/mol. The number of thioether (sulfide) groups is 1. The van der Waals surface area contributed by atoms with E-state index in [9.17, 15) is 14.3 Å². The van der Waals surface area contributed by atoms with Gasteiger partial charge in [0, 0.05) is 5.38 Å². The third-order valence-corrected chi connectivity index (χ3v) is 6.65. The highest BCUT2D eigenvalue weighted by Gasteiger charge is 2.35. The molecule has 0 aliphatic rings. The van der Waals surface area contributed by atoms with Crippen LogP contribution in [0, 0.1) is 5.82 Å². The van der Waals surface area contributed by atoms with Crippen LogP contribution in [-0.4, -0.2) is 33.0 Å². The van der Waals surface area contributed by atoms with Gasteiger partial charge in [-0.05, 0) is 70.0 Å². The molecule has 0 unspecified atom stereocenters. The Kier molecular flexibility index (Phi) is 7.82. The Labute approximate surface area is 202 Å². The number of hydrogen-bond donors (Lipinski definition) is 1. The van der Waals surface area contributed by atoms with E-state index in [1.54, 1.807) is 43.5 Å². The Morgan fingerprint density at radius 1 is 1.06 bits per heavy atom. The molecule has 1 N–H and O–H groups in total. The van der Waals surface area contributed by atoms with Crippen LogP contribution >= 0.6 is 23.1 Å². The summed E-state index contributed by atoms with van der Waals surface area (Å²) in [4.78, 5) is 16.9. The van der Waals surface area contributed by atoms with E-state index in [2.05, 4.69) is 4.98 Å². The second kappa shape index (κ2) is 10.2. The summed E-state index contributed by atoms with van der Waals surface area (Å²) in [6, 6.07) is 13.6. The van der Waals surface area contributed by atoms with Gasteiger partial charge >= 0.3 is 5.97 Å². The van der Waals surface area contributed by atoms with Crippen LogP contribution in [0.25, 0.3) is 11.1 Å². The first-order valence-corrected chi connectivity index (χ1v) is 12.2. The zero-order valence-electron chi connectivity index (χ0n) is 19.3. The van der Waals surface area contributed by atoms with E-state index in [4.69, 9.17) is 9.47 Å². The number of carbonyl (C=O) groups is 1. The third kappa shape index (κ3) is 7.28. The maximum absolute atomic E-state index is 13.1. The Hall–Kier alpha value is -2.42. The second-order valence-electron chi connectivity index (χ2n) is 9.01. The maximum Gasteiger partial charge on any atom is 0.322 e. The fraction of sp³-hybridized carbons (Fsp3) is 0.360. The molecule has 0 aliphatic carbocycles. The van der Waals surface area contributed by atoms with Gasteiger partial charge in [0.15, 0.2) is 4.34 Å². The molecule has 0 radical (unpaired) electrons. The Morgan fingerprint density at radius 2 is 1.64 bits per heavy atom. The number of rotatable bonds is 8. The van der Waals surface area contributed by atoms with Gasteiger partial charge < -0.3 is 14.6 Å². The molecule has 8 heteroatoms. The minimum absolute atomic E-state index is 0.0409. The lowest BCUT2D eigenvalue weighted by Crippen LogP contribution is -2.36. The number of esters is 1. The first-order chi connectivity index (χ1) is 15.4. The van der Waals surface area contributed by atoms with Crippen LogP contribution in [0.1, 0.15) is 46.4 Å². The average Bonchev–Trinajstić information content (AvgIpc) is 3.19. The second-order valence-corrected chi connectivity index (χ2v) is 11.7. The number of aliphatic hydroxyl groups excluding tert-OH is 1. The summed E-state index contributed by atoms with van der Waals surface area (Å²) in [5.74, 6) is 0.0187. The van der Waals surface area contributed by atoms with Crippen LogP contribution in [0.2, 0.25) is 0 Å². The lowest BCUT2D eigenvalue weighted by atomic mass is 10.1. The van der Waals surface area contributed by atoms with Crippen molar-refractivity contribution in [3.63, 3.8) is 0 Å². The van der Waals surface area contributed by atoms with Gasteiger partial charge in [-0.15, -0.1) is 11.3 Å². The predicted molar refractivity (Wildman–Crippen MR) is 130 cm³/mol. The van der Waals surface area contributed by atoms with Gasteiger partial charge in [-0.3, -0.25) is 4.79 Å². The molecule has 176 valence electrons. The van der Waals surface area contributed by atoms with E-state index in [1.807, 2.05) is 32.9 Å². The van der Waals surface area contributed by atoms with E-state index < -0.39 is 16.5 Å². The fourth-order valence-electron chi connectivity index (χ4n) is 2.78. The quantitative estimate of drug-likeness (QED) is 0.297. The molecule has 2 aromatic carbocycles. The minimum Gasteiger partial charge on any atom is -0.490 e. The number of hydrogen-bond acceptors (Lipinski definition) is 7. The summed E-state index contributed by atoms with van der Waals surface area (Å²) in [7, 11) is 0. The fourth-order valence-corrected chi connectivity index (χ4v) is 5.04. The Bertz CT molecular complexity index is 1070. The molecule has 0 spiro atoms. The molecule has 1 aromatic heterocycles. The van der Waals surface area contributed by atoms with Gasteiger partial charge in [-0.25, -0.2) is 9.37 Å². The molecule has 0 aliphatic heterocycles. The van der Waals surface area contributed by atoms with Crippen LogP contribution in [0.3, 0.4) is 0 Å². The summed E-state index contributed by atoms with van der Waals surface area (Å²) in [6.07, 6.45) is -0.906. The molecular weight excluding hydrogens is 461 g/mol. The molecule has 0 bridgehead atoms. The smallest absolute Gasteiger partial charge is 0.322 e.